The normalized spacial score (nSPS) is 14.4. The SMILES string of the molecule is CC(OC(C)(C)C)C(NC(=O)N[C@@H](CC(=O)NC(c1ccccc1)(c1ccccc1)c1ccccc1)c1nc([C@H](COC(C)(C)C)NC(=O)OC(C)(C)C)no1)C(=O)OC(C)(C)C. The quantitative estimate of drug-likeness (QED) is 0.0627. The van der Waals surface area contributed by atoms with Crippen molar-refractivity contribution >= 4 is 24.0 Å². The highest BCUT2D eigenvalue weighted by Gasteiger charge is 2.40. The Balaban J connectivity index is 1.79. The third kappa shape index (κ3) is 15.5. The van der Waals surface area contributed by atoms with Crippen LogP contribution in [-0.2, 0) is 34.1 Å². The Hall–Kier alpha value is -5.80. The number of carbonyl (C=O) groups is 4. The number of nitrogens with one attached hydrogen (secondary N) is 4. The summed E-state index contributed by atoms with van der Waals surface area (Å²) in [5.74, 6) is -1.40. The molecule has 15 heteroatoms. The van der Waals surface area contributed by atoms with Crippen LogP contribution in [0, 0.1) is 0 Å². The highest BCUT2D eigenvalue weighted by molar-refractivity contribution is 5.85. The molecule has 0 saturated heterocycles. The van der Waals surface area contributed by atoms with E-state index in [0.29, 0.717) is 0 Å². The average Bonchev–Trinajstić information content (AvgIpc) is 3.66. The number of hydrogen-bond donors (Lipinski definition) is 4. The molecule has 1 heterocycles. The zero-order valence-electron chi connectivity index (χ0n) is 39.0. The maximum Gasteiger partial charge on any atom is 0.408 e. The maximum atomic E-state index is 14.8. The second-order valence-electron chi connectivity index (χ2n) is 19.3. The van der Waals surface area contributed by atoms with Crippen molar-refractivity contribution in [2.45, 2.75) is 149 Å². The predicted octanol–water partition coefficient (Wildman–Crippen LogP) is 8.20. The summed E-state index contributed by atoms with van der Waals surface area (Å²) in [4.78, 5) is 60.1. The van der Waals surface area contributed by atoms with Gasteiger partial charge in [0.25, 0.3) is 0 Å². The molecule has 4 amide bonds. The van der Waals surface area contributed by atoms with Crippen LogP contribution in [-0.4, -0.2) is 75.3 Å². The van der Waals surface area contributed by atoms with Gasteiger partial charge in [-0.3, -0.25) is 4.79 Å². The van der Waals surface area contributed by atoms with Gasteiger partial charge >= 0.3 is 18.1 Å². The van der Waals surface area contributed by atoms with Crippen molar-refractivity contribution in [1.82, 2.24) is 31.4 Å². The lowest BCUT2D eigenvalue weighted by Gasteiger charge is -2.37. The van der Waals surface area contributed by atoms with Gasteiger partial charge in [0.1, 0.15) is 28.8 Å². The highest BCUT2D eigenvalue weighted by Crippen LogP contribution is 2.37. The largest absolute Gasteiger partial charge is 0.458 e. The summed E-state index contributed by atoms with van der Waals surface area (Å²) in [6.45, 7) is 23.0. The van der Waals surface area contributed by atoms with Gasteiger partial charge in [0.05, 0.1) is 30.3 Å². The number of carbonyl (C=O) groups excluding carboxylic acids is 4. The predicted molar refractivity (Wildman–Crippen MR) is 238 cm³/mol. The number of benzene rings is 3. The van der Waals surface area contributed by atoms with Crippen LogP contribution in [0.2, 0.25) is 0 Å². The first-order valence-electron chi connectivity index (χ1n) is 21.2. The van der Waals surface area contributed by atoms with E-state index in [2.05, 4.69) is 31.4 Å². The number of esters is 1. The van der Waals surface area contributed by atoms with Crippen molar-refractivity contribution in [3.8, 4) is 0 Å². The molecular formula is C48H66N6O9. The molecular weight excluding hydrogens is 805 g/mol. The van der Waals surface area contributed by atoms with Crippen LogP contribution in [0.1, 0.15) is 137 Å². The number of hydrogen-bond acceptors (Lipinski definition) is 11. The molecule has 342 valence electrons. The van der Waals surface area contributed by atoms with Crippen molar-refractivity contribution in [3.05, 3.63) is 119 Å². The zero-order chi connectivity index (χ0) is 46.8. The number of urea groups is 1. The molecule has 4 aromatic rings. The van der Waals surface area contributed by atoms with Crippen LogP contribution >= 0.6 is 0 Å². The van der Waals surface area contributed by atoms with Crippen LogP contribution < -0.4 is 21.3 Å². The van der Waals surface area contributed by atoms with Crippen molar-refractivity contribution in [1.29, 1.82) is 0 Å². The summed E-state index contributed by atoms with van der Waals surface area (Å²) in [5, 5.41) is 15.8. The molecule has 4 rings (SSSR count). The monoisotopic (exact) mass is 870 g/mol. The number of nitrogens with zero attached hydrogens (tertiary/aromatic N) is 2. The molecule has 15 nitrogen and oxygen atoms in total. The molecule has 0 aliphatic heterocycles. The topological polar surface area (TPSA) is 192 Å². The fourth-order valence-electron chi connectivity index (χ4n) is 6.62. The van der Waals surface area contributed by atoms with Crippen LogP contribution in [0.3, 0.4) is 0 Å². The Kier molecular flexibility index (Phi) is 16.3. The molecule has 0 aliphatic rings. The highest BCUT2D eigenvalue weighted by atomic mass is 16.6. The number of rotatable bonds is 16. The molecule has 0 fully saturated rings. The first-order valence-corrected chi connectivity index (χ1v) is 21.2. The van der Waals surface area contributed by atoms with Crippen molar-refractivity contribution in [2.24, 2.45) is 0 Å². The van der Waals surface area contributed by atoms with Gasteiger partial charge in [-0.15, -0.1) is 0 Å². The number of ether oxygens (including phenoxy) is 4. The third-order valence-electron chi connectivity index (χ3n) is 9.04. The second kappa shape index (κ2) is 20.6. The molecule has 0 spiro atoms. The molecule has 4 atom stereocenters. The molecule has 1 aromatic heterocycles. The number of alkyl carbamates (subject to hydrolysis) is 1. The summed E-state index contributed by atoms with van der Waals surface area (Å²) < 4.78 is 29.1. The van der Waals surface area contributed by atoms with Gasteiger partial charge in [0.15, 0.2) is 11.9 Å². The Bertz CT molecular complexity index is 2000. The van der Waals surface area contributed by atoms with E-state index in [9.17, 15) is 19.2 Å². The molecule has 0 aliphatic carbocycles. The fraction of sp³-hybridized carbons (Fsp3) is 0.500. The standard InChI is InChI=1S/C48H66N6O9/c1-31(60-45(5,6)7)38(41(56)61-46(8,9)10)51-42(57)49-35(40-52-39(54-63-40)36(30-59-44(2,3)4)50-43(58)62-47(11,12)13)29-37(55)53-48(32-23-17-14-18-24-32,33-25-19-15-20-26-33)34-27-21-16-22-28-34/h14-28,31,35-36,38H,29-30H2,1-13H3,(H,50,58)(H,53,55)(H2,49,51,57)/t31?,35-,36-,38?/m0/s1. The zero-order valence-corrected chi connectivity index (χ0v) is 39.0. The summed E-state index contributed by atoms with van der Waals surface area (Å²) >= 11 is 0. The molecule has 0 radical (unpaired) electrons. The molecule has 4 N–H and O–H groups in total. The summed E-state index contributed by atoms with van der Waals surface area (Å²) in [6.07, 6.45) is -2.01. The lowest BCUT2D eigenvalue weighted by atomic mass is 9.77. The van der Waals surface area contributed by atoms with E-state index < -0.39 is 82.6 Å². The lowest BCUT2D eigenvalue weighted by Crippen LogP contribution is -2.55. The van der Waals surface area contributed by atoms with E-state index in [1.54, 1.807) is 48.5 Å². The Morgan fingerprint density at radius 1 is 0.619 bits per heavy atom. The van der Waals surface area contributed by atoms with Gasteiger partial charge in [0, 0.05) is 0 Å². The molecule has 3 aromatic carbocycles. The van der Waals surface area contributed by atoms with Crippen LogP contribution in [0.15, 0.2) is 95.5 Å². The van der Waals surface area contributed by atoms with Crippen molar-refractivity contribution in [2.75, 3.05) is 6.61 Å². The molecule has 2 unspecified atom stereocenters. The van der Waals surface area contributed by atoms with Gasteiger partial charge in [0.2, 0.25) is 11.8 Å². The Morgan fingerprint density at radius 3 is 1.56 bits per heavy atom. The minimum Gasteiger partial charge on any atom is -0.458 e. The van der Waals surface area contributed by atoms with Crippen molar-refractivity contribution < 1.29 is 42.6 Å². The van der Waals surface area contributed by atoms with Crippen LogP contribution in [0.25, 0.3) is 0 Å². The van der Waals surface area contributed by atoms with E-state index in [1.807, 2.05) is 133 Å². The van der Waals surface area contributed by atoms with Gasteiger partial charge < -0.3 is 44.7 Å². The number of aromatic nitrogens is 2. The van der Waals surface area contributed by atoms with Gasteiger partial charge in [-0.05, 0) is 107 Å². The number of amides is 4. The molecule has 0 bridgehead atoms. The van der Waals surface area contributed by atoms with Crippen LogP contribution in [0.4, 0.5) is 9.59 Å². The average molecular weight is 871 g/mol. The van der Waals surface area contributed by atoms with Gasteiger partial charge in [-0.1, -0.05) is 96.2 Å². The Labute approximate surface area is 371 Å². The second-order valence-corrected chi connectivity index (χ2v) is 19.3. The summed E-state index contributed by atoms with van der Waals surface area (Å²) in [6, 6.07) is 24.3. The van der Waals surface area contributed by atoms with Crippen LogP contribution in [0.5, 0.6) is 0 Å². The minimum absolute atomic E-state index is 0.00115. The van der Waals surface area contributed by atoms with E-state index in [1.165, 1.54) is 0 Å². The molecule has 0 saturated carbocycles. The third-order valence-corrected chi connectivity index (χ3v) is 9.04. The summed E-state index contributed by atoms with van der Waals surface area (Å²) in [7, 11) is 0. The van der Waals surface area contributed by atoms with E-state index in [-0.39, 0.29) is 18.3 Å². The van der Waals surface area contributed by atoms with E-state index in [0.717, 1.165) is 16.7 Å². The van der Waals surface area contributed by atoms with Crippen molar-refractivity contribution in [3.63, 3.8) is 0 Å². The van der Waals surface area contributed by atoms with Gasteiger partial charge in [-0.25, -0.2) is 14.4 Å². The first-order chi connectivity index (χ1) is 29.2. The summed E-state index contributed by atoms with van der Waals surface area (Å²) in [5.41, 5.74) is -1.83. The maximum absolute atomic E-state index is 14.8. The van der Waals surface area contributed by atoms with E-state index >= 15 is 0 Å². The van der Waals surface area contributed by atoms with Gasteiger partial charge in [-0.2, -0.15) is 4.98 Å². The molecule has 63 heavy (non-hydrogen) atoms. The smallest absolute Gasteiger partial charge is 0.408 e. The fourth-order valence-corrected chi connectivity index (χ4v) is 6.62. The van der Waals surface area contributed by atoms with E-state index in [4.69, 9.17) is 23.5 Å². The Morgan fingerprint density at radius 2 is 1.11 bits per heavy atom. The lowest BCUT2D eigenvalue weighted by molar-refractivity contribution is -0.164. The minimum atomic E-state index is -1.28. The first kappa shape index (κ1) is 49.9.